The Bertz CT molecular complexity index is 679. The van der Waals surface area contributed by atoms with E-state index in [0.717, 1.165) is 12.8 Å². The van der Waals surface area contributed by atoms with E-state index in [1.54, 1.807) is 13.2 Å². The van der Waals surface area contributed by atoms with Crippen LogP contribution in [0.3, 0.4) is 0 Å². The molecule has 1 amide bonds. The van der Waals surface area contributed by atoms with Gasteiger partial charge < -0.3 is 30.9 Å². The third-order valence-electron chi connectivity index (χ3n) is 6.64. The Balaban J connectivity index is 1.82. The van der Waals surface area contributed by atoms with Gasteiger partial charge in [0.1, 0.15) is 5.75 Å². The van der Waals surface area contributed by atoms with E-state index in [1.807, 2.05) is 18.2 Å². The lowest BCUT2D eigenvalue weighted by Crippen LogP contribution is -2.46. The molecule has 1 saturated carbocycles. The molecule has 0 spiro atoms. The molecular weight excluding hydrogens is 418 g/mol. The Kier molecular flexibility index (Phi) is 12.8. The van der Waals surface area contributed by atoms with Crippen molar-refractivity contribution >= 4 is 5.91 Å². The van der Waals surface area contributed by atoms with Crippen molar-refractivity contribution in [2.24, 2.45) is 17.6 Å². The van der Waals surface area contributed by atoms with Crippen molar-refractivity contribution in [1.29, 1.82) is 0 Å². The van der Waals surface area contributed by atoms with Crippen LogP contribution in [0.2, 0.25) is 0 Å². The normalized spacial score (nSPS) is 17.2. The summed E-state index contributed by atoms with van der Waals surface area (Å²) >= 11 is 0. The molecule has 0 saturated heterocycles. The maximum absolute atomic E-state index is 12.9. The van der Waals surface area contributed by atoms with Crippen LogP contribution in [0, 0.1) is 11.8 Å². The summed E-state index contributed by atoms with van der Waals surface area (Å²) in [4.78, 5) is 12.9. The number of aliphatic hydroxyl groups excluding tert-OH is 1. The average molecular weight is 464 g/mol. The molecule has 5 N–H and O–H groups in total. The predicted molar refractivity (Wildman–Crippen MR) is 133 cm³/mol. The Morgan fingerprint density at radius 3 is 2.55 bits per heavy atom. The second kappa shape index (κ2) is 15.3. The van der Waals surface area contributed by atoms with Crippen LogP contribution in [-0.2, 0) is 4.74 Å². The van der Waals surface area contributed by atoms with Crippen molar-refractivity contribution in [3.05, 3.63) is 29.8 Å². The van der Waals surface area contributed by atoms with Crippen LogP contribution in [0.25, 0.3) is 0 Å². The first kappa shape index (κ1) is 27.6. The summed E-state index contributed by atoms with van der Waals surface area (Å²) in [7, 11) is 1.69. The van der Waals surface area contributed by atoms with Crippen LogP contribution in [0.5, 0.6) is 5.75 Å². The Labute approximate surface area is 199 Å². The van der Waals surface area contributed by atoms with E-state index in [4.69, 9.17) is 15.2 Å². The van der Waals surface area contributed by atoms with E-state index >= 15 is 0 Å². The molecule has 7 nitrogen and oxygen atoms in total. The molecule has 1 aromatic carbocycles. The monoisotopic (exact) mass is 463 g/mol. The number of aliphatic hydroxyl groups is 1. The maximum Gasteiger partial charge on any atom is 0.255 e. The van der Waals surface area contributed by atoms with Crippen LogP contribution in [0.1, 0.15) is 69.2 Å². The summed E-state index contributed by atoms with van der Waals surface area (Å²) in [5.74, 6) is 0.953. The number of nitrogens with two attached hydrogens (primary N) is 1. The van der Waals surface area contributed by atoms with Gasteiger partial charge in [0.15, 0.2) is 0 Å². The molecule has 3 atom stereocenters. The van der Waals surface area contributed by atoms with Crippen molar-refractivity contribution in [3.8, 4) is 5.75 Å². The van der Waals surface area contributed by atoms with Crippen molar-refractivity contribution in [2.75, 3.05) is 33.4 Å². The molecule has 1 aromatic rings. The SMILES string of the molecule is COCCCCOc1ccccc1C(=O)NCC(CC(N)C(O)CNC1CCCC1)C(C)C. The first-order valence-corrected chi connectivity index (χ1v) is 12.6. The highest BCUT2D eigenvalue weighted by Gasteiger charge is 2.24. The molecule has 1 fully saturated rings. The highest BCUT2D eigenvalue weighted by molar-refractivity contribution is 5.96. The third-order valence-corrected chi connectivity index (χ3v) is 6.64. The van der Waals surface area contributed by atoms with E-state index in [9.17, 15) is 9.90 Å². The predicted octanol–water partition coefficient (Wildman–Crippen LogP) is 3.10. The summed E-state index contributed by atoms with van der Waals surface area (Å²) in [6, 6.07) is 7.51. The van der Waals surface area contributed by atoms with Crippen LogP contribution in [0.4, 0.5) is 0 Å². The van der Waals surface area contributed by atoms with Gasteiger partial charge in [0, 0.05) is 38.9 Å². The van der Waals surface area contributed by atoms with Crippen molar-refractivity contribution in [1.82, 2.24) is 10.6 Å². The second-order valence-electron chi connectivity index (χ2n) is 9.62. The molecule has 7 heteroatoms. The molecular formula is C26H45N3O4. The Hall–Kier alpha value is -1.67. The van der Waals surface area contributed by atoms with E-state index < -0.39 is 6.10 Å². The number of hydrogen-bond donors (Lipinski definition) is 4. The van der Waals surface area contributed by atoms with Crippen LogP contribution in [-0.4, -0.2) is 62.6 Å². The Morgan fingerprint density at radius 1 is 1.15 bits per heavy atom. The van der Waals surface area contributed by atoms with Crippen molar-refractivity contribution in [3.63, 3.8) is 0 Å². The summed E-state index contributed by atoms with van der Waals surface area (Å²) in [5, 5.41) is 17.0. The van der Waals surface area contributed by atoms with Crippen molar-refractivity contribution in [2.45, 2.75) is 77.0 Å². The molecule has 1 aliphatic carbocycles. The van der Waals surface area contributed by atoms with Gasteiger partial charge in [-0.15, -0.1) is 0 Å². The average Bonchev–Trinajstić information content (AvgIpc) is 3.33. The lowest BCUT2D eigenvalue weighted by molar-refractivity contribution is 0.0926. The molecule has 188 valence electrons. The number of carbonyl (C=O) groups is 1. The first-order valence-electron chi connectivity index (χ1n) is 12.6. The lowest BCUT2D eigenvalue weighted by atomic mass is 9.87. The zero-order valence-electron chi connectivity index (χ0n) is 20.7. The zero-order valence-corrected chi connectivity index (χ0v) is 20.7. The Morgan fingerprint density at radius 2 is 1.85 bits per heavy atom. The lowest BCUT2D eigenvalue weighted by Gasteiger charge is -2.28. The van der Waals surface area contributed by atoms with E-state index in [0.29, 0.717) is 56.0 Å². The minimum Gasteiger partial charge on any atom is -0.493 e. The third kappa shape index (κ3) is 10.0. The molecule has 1 aliphatic rings. The molecule has 2 rings (SSSR count). The highest BCUT2D eigenvalue weighted by atomic mass is 16.5. The van der Waals surface area contributed by atoms with Gasteiger partial charge in [0.2, 0.25) is 0 Å². The summed E-state index contributed by atoms with van der Waals surface area (Å²) < 4.78 is 10.9. The van der Waals surface area contributed by atoms with Gasteiger partial charge >= 0.3 is 0 Å². The minimum atomic E-state index is -0.588. The largest absolute Gasteiger partial charge is 0.493 e. The van der Waals surface area contributed by atoms with Gasteiger partial charge in [-0.3, -0.25) is 4.79 Å². The summed E-state index contributed by atoms with van der Waals surface area (Å²) in [6.45, 7) is 6.54. The van der Waals surface area contributed by atoms with Gasteiger partial charge in [0.25, 0.3) is 5.91 Å². The van der Waals surface area contributed by atoms with Gasteiger partial charge in [-0.2, -0.15) is 0 Å². The number of benzene rings is 1. The molecule has 0 bridgehead atoms. The quantitative estimate of drug-likeness (QED) is 0.281. The number of hydrogen-bond acceptors (Lipinski definition) is 6. The standard InChI is InChI=1S/C26H45N3O4/c1-19(2)20(16-23(27)24(30)18-28-21-10-4-5-11-21)17-29-26(31)22-12-6-7-13-25(22)33-15-9-8-14-32-3/h6-7,12-13,19-21,23-24,28,30H,4-5,8-11,14-18,27H2,1-3H3,(H,29,31). The molecule has 33 heavy (non-hydrogen) atoms. The fourth-order valence-corrected chi connectivity index (χ4v) is 4.30. The van der Waals surface area contributed by atoms with Crippen molar-refractivity contribution < 1.29 is 19.4 Å². The zero-order chi connectivity index (χ0) is 24.1. The number of methoxy groups -OCH3 is 1. The van der Waals surface area contributed by atoms with E-state index in [2.05, 4.69) is 24.5 Å². The number of para-hydroxylation sites is 1. The first-order chi connectivity index (χ1) is 15.9. The van der Waals surface area contributed by atoms with E-state index in [-0.39, 0.29) is 17.9 Å². The van der Waals surface area contributed by atoms with Crippen LogP contribution >= 0.6 is 0 Å². The number of carbonyl (C=O) groups excluding carboxylic acids is 1. The number of ether oxygens (including phenoxy) is 2. The second-order valence-corrected chi connectivity index (χ2v) is 9.62. The highest BCUT2D eigenvalue weighted by Crippen LogP contribution is 2.21. The van der Waals surface area contributed by atoms with Gasteiger partial charge in [-0.1, -0.05) is 38.8 Å². The molecule has 0 aliphatic heterocycles. The fourth-order valence-electron chi connectivity index (χ4n) is 4.30. The molecule has 0 radical (unpaired) electrons. The molecule has 3 unspecified atom stereocenters. The number of rotatable bonds is 16. The van der Waals surface area contributed by atoms with Gasteiger partial charge in [-0.05, 0) is 56.1 Å². The maximum atomic E-state index is 12.9. The summed E-state index contributed by atoms with van der Waals surface area (Å²) in [6.07, 6.45) is 6.74. The summed E-state index contributed by atoms with van der Waals surface area (Å²) in [5.41, 5.74) is 6.88. The van der Waals surface area contributed by atoms with Crippen LogP contribution < -0.4 is 21.1 Å². The van der Waals surface area contributed by atoms with E-state index in [1.165, 1.54) is 25.7 Å². The minimum absolute atomic E-state index is 0.148. The smallest absolute Gasteiger partial charge is 0.255 e. The molecule has 0 heterocycles. The van der Waals surface area contributed by atoms with Gasteiger partial charge in [0.05, 0.1) is 18.3 Å². The van der Waals surface area contributed by atoms with Gasteiger partial charge in [-0.25, -0.2) is 0 Å². The van der Waals surface area contributed by atoms with Crippen LogP contribution in [0.15, 0.2) is 24.3 Å². The molecule has 0 aromatic heterocycles. The number of amides is 1. The topological polar surface area (TPSA) is 106 Å². The fraction of sp³-hybridized carbons (Fsp3) is 0.731. The number of unbranched alkanes of at least 4 members (excludes halogenated alkanes) is 1. The number of nitrogens with one attached hydrogen (secondary N) is 2.